The Bertz CT molecular complexity index is 869. The number of non-ortho nitro benzene ring substituents is 1. The minimum atomic E-state index is -1.08. The largest absolute Gasteiger partial charge is 0.451 e. The first-order valence-electron chi connectivity index (χ1n) is 8.35. The third kappa shape index (κ3) is 5.51. The van der Waals surface area contributed by atoms with Gasteiger partial charge in [0.1, 0.15) is 0 Å². The van der Waals surface area contributed by atoms with E-state index < -0.39 is 22.8 Å². The van der Waals surface area contributed by atoms with Gasteiger partial charge in [-0.05, 0) is 37.3 Å². The molecular formula is C19H19ClN2O6. The van der Waals surface area contributed by atoms with Crippen LogP contribution in [0.15, 0.2) is 42.5 Å². The number of carbonyl (C=O) groups is 2. The van der Waals surface area contributed by atoms with Crippen LogP contribution in [0.4, 0.5) is 11.4 Å². The summed E-state index contributed by atoms with van der Waals surface area (Å²) in [5.74, 6) is -1.26. The molecule has 9 heteroatoms. The van der Waals surface area contributed by atoms with Gasteiger partial charge in [-0.1, -0.05) is 11.6 Å². The molecule has 0 heterocycles. The number of nitrogens with one attached hydrogen (secondary N) is 1. The van der Waals surface area contributed by atoms with Gasteiger partial charge in [-0.3, -0.25) is 14.9 Å². The van der Waals surface area contributed by atoms with Crippen molar-refractivity contribution in [1.29, 1.82) is 0 Å². The molecule has 2 rings (SSSR count). The normalized spacial score (nSPS) is 11.5. The molecule has 0 bridgehead atoms. The molecule has 2 aromatic carbocycles. The Hall–Kier alpha value is -2.97. The van der Waals surface area contributed by atoms with Gasteiger partial charge in [0.15, 0.2) is 6.10 Å². The molecule has 0 saturated heterocycles. The second-order valence-corrected chi connectivity index (χ2v) is 6.26. The average Bonchev–Trinajstić information content (AvgIpc) is 2.68. The van der Waals surface area contributed by atoms with Gasteiger partial charge in [0.2, 0.25) is 5.78 Å². The number of ether oxygens (including phenoxy) is 2. The standard InChI is InChI=1S/C19H19ClN2O6/c1-12(18(23)13-3-5-14(20)6-4-13)28-19(24)16-11-15(22(25)26)7-8-17(16)21-9-10-27-2/h3-8,11-12,21H,9-10H2,1-2H3/t12-/m1/s1. The van der Waals surface area contributed by atoms with Crippen LogP contribution in [-0.4, -0.2) is 43.0 Å². The molecule has 0 unspecified atom stereocenters. The van der Waals surface area contributed by atoms with E-state index in [-0.39, 0.29) is 11.3 Å². The molecule has 0 spiro atoms. The lowest BCUT2D eigenvalue weighted by molar-refractivity contribution is -0.384. The van der Waals surface area contributed by atoms with Crippen molar-refractivity contribution >= 4 is 34.7 Å². The molecule has 0 aliphatic rings. The topological polar surface area (TPSA) is 108 Å². The second kappa shape index (κ2) is 9.82. The maximum absolute atomic E-state index is 12.6. The van der Waals surface area contributed by atoms with E-state index in [1.54, 1.807) is 12.1 Å². The molecule has 0 aromatic heterocycles. The van der Waals surface area contributed by atoms with Gasteiger partial charge in [-0.15, -0.1) is 0 Å². The summed E-state index contributed by atoms with van der Waals surface area (Å²) < 4.78 is 10.2. The summed E-state index contributed by atoms with van der Waals surface area (Å²) in [4.78, 5) is 35.4. The van der Waals surface area contributed by atoms with Crippen molar-refractivity contribution in [2.24, 2.45) is 0 Å². The van der Waals surface area contributed by atoms with Gasteiger partial charge >= 0.3 is 5.97 Å². The van der Waals surface area contributed by atoms with Crippen LogP contribution >= 0.6 is 11.6 Å². The zero-order valence-corrected chi connectivity index (χ0v) is 16.1. The van der Waals surface area contributed by atoms with E-state index >= 15 is 0 Å². The summed E-state index contributed by atoms with van der Waals surface area (Å²) in [7, 11) is 1.52. The Labute approximate surface area is 166 Å². The fourth-order valence-corrected chi connectivity index (χ4v) is 2.51. The van der Waals surface area contributed by atoms with Gasteiger partial charge < -0.3 is 14.8 Å². The molecule has 148 valence electrons. The molecule has 0 fully saturated rings. The van der Waals surface area contributed by atoms with Crippen LogP contribution in [0, 0.1) is 10.1 Å². The van der Waals surface area contributed by atoms with Crippen molar-refractivity contribution in [3.63, 3.8) is 0 Å². The van der Waals surface area contributed by atoms with Crippen molar-refractivity contribution in [2.75, 3.05) is 25.6 Å². The maximum atomic E-state index is 12.6. The first-order chi connectivity index (χ1) is 13.3. The second-order valence-electron chi connectivity index (χ2n) is 5.83. The highest BCUT2D eigenvalue weighted by molar-refractivity contribution is 6.30. The lowest BCUT2D eigenvalue weighted by Gasteiger charge is -2.15. The molecule has 2 aromatic rings. The summed E-state index contributed by atoms with van der Waals surface area (Å²) in [6.07, 6.45) is -1.08. The third-order valence-corrected chi connectivity index (χ3v) is 4.09. The Morgan fingerprint density at radius 3 is 2.50 bits per heavy atom. The Kier molecular flexibility index (Phi) is 7.48. The Balaban J connectivity index is 2.20. The van der Waals surface area contributed by atoms with Gasteiger partial charge in [0.05, 0.1) is 17.1 Å². The number of halogens is 1. The number of nitro groups is 1. The zero-order chi connectivity index (χ0) is 20.7. The number of carbonyl (C=O) groups excluding carboxylic acids is 2. The van der Waals surface area contributed by atoms with Crippen LogP contribution in [-0.2, 0) is 9.47 Å². The maximum Gasteiger partial charge on any atom is 0.341 e. The van der Waals surface area contributed by atoms with Crippen LogP contribution in [0.3, 0.4) is 0 Å². The van der Waals surface area contributed by atoms with Crippen LogP contribution in [0.1, 0.15) is 27.6 Å². The molecule has 0 aliphatic heterocycles. The van der Waals surface area contributed by atoms with Crippen LogP contribution < -0.4 is 5.32 Å². The minimum absolute atomic E-state index is 0.0407. The molecule has 0 saturated carbocycles. The highest BCUT2D eigenvalue weighted by atomic mass is 35.5. The summed E-state index contributed by atoms with van der Waals surface area (Å²) in [6, 6.07) is 9.96. The summed E-state index contributed by atoms with van der Waals surface area (Å²) in [5, 5.41) is 14.5. The number of hydrogen-bond acceptors (Lipinski definition) is 7. The highest BCUT2D eigenvalue weighted by Gasteiger charge is 2.24. The minimum Gasteiger partial charge on any atom is -0.451 e. The van der Waals surface area contributed by atoms with Crippen molar-refractivity contribution in [3.05, 3.63) is 68.7 Å². The molecule has 1 N–H and O–H groups in total. The Morgan fingerprint density at radius 2 is 1.89 bits per heavy atom. The quantitative estimate of drug-likeness (QED) is 0.222. The van der Waals surface area contributed by atoms with E-state index in [0.29, 0.717) is 29.4 Å². The predicted octanol–water partition coefficient (Wildman–Crippen LogP) is 3.73. The molecular weight excluding hydrogens is 388 g/mol. The zero-order valence-electron chi connectivity index (χ0n) is 15.3. The van der Waals surface area contributed by atoms with Gasteiger partial charge in [0, 0.05) is 42.1 Å². The first-order valence-corrected chi connectivity index (χ1v) is 8.73. The van der Waals surface area contributed by atoms with Crippen LogP contribution in [0.25, 0.3) is 0 Å². The lowest BCUT2D eigenvalue weighted by atomic mass is 10.1. The van der Waals surface area contributed by atoms with E-state index in [2.05, 4.69) is 5.32 Å². The SMILES string of the molecule is COCCNc1ccc([N+](=O)[O-])cc1C(=O)O[C@H](C)C(=O)c1ccc(Cl)cc1. The van der Waals surface area contributed by atoms with Gasteiger partial charge in [0.25, 0.3) is 5.69 Å². The Morgan fingerprint density at radius 1 is 1.21 bits per heavy atom. The number of hydrogen-bond donors (Lipinski definition) is 1. The molecule has 0 aliphatic carbocycles. The van der Waals surface area contributed by atoms with Crippen molar-refractivity contribution < 1.29 is 24.0 Å². The van der Waals surface area contributed by atoms with Crippen LogP contribution in [0.5, 0.6) is 0 Å². The monoisotopic (exact) mass is 406 g/mol. The number of ketones is 1. The van der Waals surface area contributed by atoms with Crippen LogP contribution in [0.2, 0.25) is 5.02 Å². The number of nitro benzene ring substituents is 1. The predicted molar refractivity (Wildman–Crippen MR) is 104 cm³/mol. The molecule has 28 heavy (non-hydrogen) atoms. The van der Waals surface area contributed by atoms with Crippen molar-refractivity contribution in [2.45, 2.75) is 13.0 Å². The smallest absolute Gasteiger partial charge is 0.341 e. The third-order valence-electron chi connectivity index (χ3n) is 3.84. The summed E-state index contributed by atoms with van der Waals surface area (Å²) >= 11 is 5.80. The number of nitrogens with zero attached hydrogens (tertiary/aromatic N) is 1. The summed E-state index contributed by atoms with van der Waals surface area (Å²) in [6.45, 7) is 2.19. The van der Waals surface area contributed by atoms with Gasteiger partial charge in [-0.2, -0.15) is 0 Å². The molecule has 8 nitrogen and oxygen atoms in total. The number of anilines is 1. The highest BCUT2D eigenvalue weighted by Crippen LogP contribution is 2.24. The summed E-state index contributed by atoms with van der Waals surface area (Å²) in [5.41, 5.74) is 0.378. The van der Waals surface area contributed by atoms with Crippen molar-refractivity contribution in [3.8, 4) is 0 Å². The van der Waals surface area contributed by atoms with E-state index in [9.17, 15) is 19.7 Å². The number of esters is 1. The van der Waals surface area contributed by atoms with E-state index in [4.69, 9.17) is 21.1 Å². The van der Waals surface area contributed by atoms with E-state index in [0.717, 1.165) is 6.07 Å². The lowest BCUT2D eigenvalue weighted by Crippen LogP contribution is -2.25. The molecule has 0 amide bonds. The molecule has 1 atom stereocenters. The van der Waals surface area contributed by atoms with Gasteiger partial charge in [-0.25, -0.2) is 4.79 Å². The van der Waals surface area contributed by atoms with Crippen molar-refractivity contribution in [1.82, 2.24) is 0 Å². The number of methoxy groups -OCH3 is 1. The fourth-order valence-electron chi connectivity index (χ4n) is 2.38. The number of Topliss-reactive ketones (excluding diaryl/α,β-unsaturated/α-hetero) is 1. The van der Waals surface area contributed by atoms with E-state index in [1.165, 1.54) is 38.3 Å². The van der Waals surface area contributed by atoms with E-state index in [1.807, 2.05) is 0 Å². The first kappa shape index (κ1) is 21.3. The fraction of sp³-hybridized carbons (Fsp3) is 0.263. The number of benzene rings is 2. The number of rotatable bonds is 9. The molecule has 0 radical (unpaired) electrons. The average molecular weight is 407 g/mol.